The molecular formula is C24H16N2O2S3. The van der Waals surface area contributed by atoms with Gasteiger partial charge in [-0.05, 0) is 35.9 Å². The summed E-state index contributed by atoms with van der Waals surface area (Å²) in [6, 6.07) is 25.2. The Bertz CT molecular complexity index is 1190. The lowest BCUT2D eigenvalue weighted by Crippen LogP contribution is -2.41. The Morgan fingerprint density at radius 2 is 1.42 bits per heavy atom. The molecule has 1 fully saturated rings. The van der Waals surface area contributed by atoms with Crippen LogP contribution in [-0.2, 0) is 9.59 Å². The first-order valence-electron chi connectivity index (χ1n) is 9.61. The van der Waals surface area contributed by atoms with Crippen molar-refractivity contribution in [1.82, 2.24) is 4.90 Å². The van der Waals surface area contributed by atoms with E-state index >= 15 is 0 Å². The summed E-state index contributed by atoms with van der Waals surface area (Å²) in [6.45, 7) is -0.107. The van der Waals surface area contributed by atoms with Crippen molar-refractivity contribution in [3.05, 3.63) is 89.3 Å². The highest BCUT2D eigenvalue weighted by atomic mass is 32.2. The fourth-order valence-electron chi connectivity index (χ4n) is 3.52. The standard InChI is InChI=1S/C24H16N2O2S3/c27-22(15-25-23(28)21(31-24(25)29)14-16-8-2-1-3-9-16)26-17-10-4-6-12-19(17)30-20-13-7-5-11-18(20)26/h1-14H,15H2/b21-14+. The lowest BCUT2D eigenvalue weighted by molar-refractivity contribution is -0.127. The fraction of sp³-hybridized carbons (Fsp3) is 0.0417. The number of carbonyl (C=O) groups is 2. The first-order chi connectivity index (χ1) is 15.1. The van der Waals surface area contributed by atoms with Crippen molar-refractivity contribution in [3.8, 4) is 0 Å². The van der Waals surface area contributed by atoms with Gasteiger partial charge in [0.1, 0.15) is 10.9 Å². The molecule has 152 valence electrons. The van der Waals surface area contributed by atoms with Gasteiger partial charge in [0.2, 0.25) is 0 Å². The first-order valence-corrected chi connectivity index (χ1v) is 11.7. The molecule has 1 saturated heterocycles. The van der Waals surface area contributed by atoms with Gasteiger partial charge in [0.15, 0.2) is 0 Å². The van der Waals surface area contributed by atoms with Crippen LogP contribution in [-0.4, -0.2) is 27.6 Å². The molecule has 5 rings (SSSR count). The van der Waals surface area contributed by atoms with Gasteiger partial charge in [-0.1, -0.05) is 90.3 Å². The third-order valence-electron chi connectivity index (χ3n) is 4.95. The SMILES string of the molecule is O=C1/C(=C\c2ccccc2)SC(=S)N1CC(=O)N1c2ccccc2Sc2ccccc21. The minimum atomic E-state index is -0.236. The van der Waals surface area contributed by atoms with E-state index in [0.29, 0.717) is 9.23 Å². The first kappa shape index (κ1) is 20.1. The molecule has 2 aliphatic rings. The average Bonchev–Trinajstić information content (AvgIpc) is 3.05. The van der Waals surface area contributed by atoms with E-state index in [1.807, 2.05) is 84.9 Å². The van der Waals surface area contributed by atoms with Gasteiger partial charge in [0.05, 0.1) is 16.3 Å². The number of fused-ring (bicyclic) bond motifs is 2. The van der Waals surface area contributed by atoms with Crippen molar-refractivity contribution in [1.29, 1.82) is 0 Å². The molecule has 4 nitrogen and oxygen atoms in total. The van der Waals surface area contributed by atoms with Gasteiger partial charge in [0.25, 0.3) is 11.8 Å². The number of thioether (sulfide) groups is 1. The van der Waals surface area contributed by atoms with Gasteiger partial charge in [-0.2, -0.15) is 0 Å². The van der Waals surface area contributed by atoms with E-state index < -0.39 is 0 Å². The number of hydrogen-bond acceptors (Lipinski definition) is 5. The number of rotatable bonds is 3. The number of amides is 2. The molecule has 3 aromatic rings. The lowest BCUT2D eigenvalue weighted by Gasteiger charge is -2.32. The molecule has 0 saturated carbocycles. The monoisotopic (exact) mass is 460 g/mol. The smallest absolute Gasteiger partial charge is 0.266 e. The molecule has 0 radical (unpaired) electrons. The number of anilines is 2. The maximum Gasteiger partial charge on any atom is 0.266 e. The summed E-state index contributed by atoms with van der Waals surface area (Å²) in [4.78, 5) is 32.1. The molecule has 3 aromatic carbocycles. The van der Waals surface area contributed by atoms with E-state index in [1.165, 1.54) is 16.7 Å². The Morgan fingerprint density at radius 1 is 0.839 bits per heavy atom. The second-order valence-electron chi connectivity index (χ2n) is 6.95. The predicted molar refractivity (Wildman–Crippen MR) is 130 cm³/mol. The van der Waals surface area contributed by atoms with Crippen LogP contribution in [0.2, 0.25) is 0 Å². The molecule has 0 aliphatic carbocycles. The highest BCUT2D eigenvalue weighted by molar-refractivity contribution is 8.26. The lowest BCUT2D eigenvalue weighted by atomic mass is 10.2. The molecule has 31 heavy (non-hydrogen) atoms. The van der Waals surface area contributed by atoms with E-state index in [0.717, 1.165) is 26.7 Å². The summed E-state index contributed by atoms with van der Waals surface area (Å²) in [6.07, 6.45) is 1.81. The molecule has 0 aromatic heterocycles. The molecule has 2 amide bonds. The normalized spacial score (nSPS) is 16.5. The topological polar surface area (TPSA) is 40.6 Å². The van der Waals surface area contributed by atoms with Gasteiger partial charge in [0, 0.05) is 9.79 Å². The summed E-state index contributed by atoms with van der Waals surface area (Å²) in [5.74, 6) is -0.433. The predicted octanol–water partition coefficient (Wildman–Crippen LogP) is 5.72. The molecular weight excluding hydrogens is 444 g/mol. The molecule has 0 bridgehead atoms. The Morgan fingerprint density at radius 3 is 2.06 bits per heavy atom. The van der Waals surface area contributed by atoms with Gasteiger partial charge in [-0.25, -0.2) is 0 Å². The minimum absolute atomic E-state index is 0.107. The molecule has 0 spiro atoms. The van der Waals surface area contributed by atoms with Crippen molar-refractivity contribution in [3.63, 3.8) is 0 Å². The molecule has 0 N–H and O–H groups in total. The van der Waals surface area contributed by atoms with E-state index in [-0.39, 0.29) is 18.4 Å². The highest BCUT2D eigenvalue weighted by Crippen LogP contribution is 2.48. The number of carbonyl (C=O) groups excluding carboxylic acids is 2. The van der Waals surface area contributed by atoms with Crippen molar-refractivity contribution in [2.75, 3.05) is 11.4 Å². The number of nitrogens with zero attached hydrogens (tertiary/aromatic N) is 2. The van der Waals surface area contributed by atoms with E-state index in [1.54, 1.807) is 16.7 Å². The van der Waals surface area contributed by atoms with Crippen molar-refractivity contribution in [2.45, 2.75) is 9.79 Å². The van der Waals surface area contributed by atoms with Crippen LogP contribution >= 0.6 is 35.7 Å². The number of para-hydroxylation sites is 2. The molecule has 7 heteroatoms. The third kappa shape index (κ3) is 3.80. The summed E-state index contributed by atoms with van der Waals surface area (Å²) >= 11 is 8.30. The van der Waals surface area contributed by atoms with E-state index in [2.05, 4.69) is 0 Å². The Hall–Kier alpha value is -2.87. The summed E-state index contributed by atoms with van der Waals surface area (Å²) in [5.41, 5.74) is 2.56. The van der Waals surface area contributed by atoms with Gasteiger partial charge < -0.3 is 0 Å². The minimum Gasteiger partial charge on any atom is -0.283 e. The molecule has 0 atom stereocenters. The largest absolute Gasteiger partial charge is 0.283 e. The molecule has 2 heterocycles. The fourth-order valence-corrected chi connectivity index (χ4v) is 5.83. The van der Waals surface area contributed by atoms with Crippen LogP contribution in [0.3, 0.4) is 0 Å². The van der Waals surface area contributed by atoms with E-state index in [4.69, 9.17) is 12.2 Å². The summed E-state index contributed by atoms with van der Waals surface area (Å²) < 4.78 is 0.397. The van der Waals surface area contributed by atoms with Crippen LogP contribution in [0.25, 0.3) is 6.08 Å². The Balaban J connectivity index is 1.44. The van der Waals surface area contributed by atoms with Crippen molar-refractivity contribution < 1.29 is 9.59 Å². The number of benzene rings is 3. The second kappa shape index (κ2) is 8.34. The van der Waals surface area contributed by atoms with Crippen molar-refractivity contribution in [2.24, 2.45) is 0 Å². The van der Waals surface area contributed by atoms with Gasteiger partial charge >= 0.3 is 0 Å². The van der Waals surface area contributed by atoms with Crippen LogP contribution in [0, 0.1) is 0 Å². The molecule has 2 aliphatic heterocycles. The summed E-state index contributed by atoms with van der Waals surface area (Å²) in [5, 5.41) is 0. The second-order valence-corrected chi connectivity index (χ2v) is 9.70. The van der Waals surface area contributed by atoms with Crippen molar-refractivity contribution >= 4 is 69.3 Å². The highest BCUT2D eigenvalue weighted by Gasteiger charge is 2.36. The zero-order valence-corrected chi connectivity index (χ0v) is 18.7. The maximum absolute atomic E-state index is 13.5. The average molecular weight is 461 g/mol. The van der Waals surface area contributed by atoms with Gasteiger partial charge in [-0.3, -0.25) is 19.4 Å². The zero-order valence-electron chi connectivity index (χ0n) is 16.2. The van der Waals surface area contributed by atoms with Crippen LogP contribution in [0.1, 0.15) is 5.56 Å². The van der Waals surface area contributed by atoms with Crippen LogP contribution in [0.5, 0.6) is 0 Å². The number of thiocarbonyl (C=S) groups is 1. The van der Waals surface area contributed by atoms with Crippen LogP contribution < -0.4 is 4.90 Å². The zero-order chi connectivity index (χ0) is 21.4. The number of hydrogen-bond donors (Lipinski definition) is 0. The third-order valence-corrected chi connectivity index (χ3v) is 7.45. The molecule has 0 unspecified atom stereocenters. The Kier molecular flexibility index (Phi) is 5.40. The Labute approximate surface area is 193 Å². The maximum atomic E-state index is 13.5. The van der Waals surface area contributed by atoms with E-state index in [9.17, 15) is 9.59 Å². The summed E-state index contributed by atoms with van der Waals surface area (Å²) in [7, 11) is 0. The quantitative estimate of drug-likeness (QED) is 0.369. The van der Waals surface area contributed by atoms with Gasteiger partial charge in [-0.15, -0.1) is 0 Å². The van der Waals surface area contributed by atoms with Crippen LogP contribution in [0.15, 0.2) is 93.6 Å². The van der Waals surface area contributed by atoms with Crippen LogP contribution in [0.4, 0.5) is 11.4 Å².